The van der Waals surface area contributed by atoms with Crippen LogP contribution in [0.5, 0.6) is 0 Å². The minimum atomic E-state index is -3.64. The van der Waals surface area contributed by atoms with Gasteiger partial charge in [0.25, 0.3) is 10.1 Å². The van der Waals surface area contributed by atoms with Crippen LogP contribution >= 0.6 is 0 Å². The van der Waals surface area contributed by atoms with Crippen molar-refractivity contribution < 1.29 is 12.6 Å². The van der Waals surface area contributed by atoms with Crippen molar-refractivity contribution >= 4 is 20.9 Å². The molecule has 0 spiro atoms. The Balaban J connectivity index is 2.83. The zero-order valence-corrected chi connectivity index (χ0v) is 8.91. The van der Waals surface area contributed by atoms with Gasteiger partial charge in [0, 0.05) is 5.39 Å². The maximum absolute atomic E-state index is 11.6. The molecule has 77 valence electrons. The minimum Gasteiger partial charge on any atom is -0.270 e. The lowest BCUT2D eigenvalue weighted by molar-refractivity contribution is 0.398. The summed E-state index contributed by atoms with van der Waals surface area (Å²) in [6.07, 6.45) is 0. The Hall–Kier alpha value is -1.39. The third kappa shape index (κ3) is 1.73. The molecule has 0 fully saturated rings. The van der Waals surface area contributed by atoms with Crippen molar-refractivity contribution in [3.63, 3.8) is 0 Å². The second-order valence-corrected chi connectivity index (χ2v) is 4.69. The normalized spacial score (nSPS) is 11.8. The van der Waals surface area contributed by atoms with Crippen LogP contribution in [-0.4, -0.2) is 15.5 Å². The van der Waals surface area contributed by atoms with Crippen LogP contribution in [0.15, 0.2) is 41.3 Å². The molecule has 15 heavy (non-hydrogen) atoms. The van der Waals surface area contributed by atoms with Gasteiger partial charge in [0.05, 0.1) is 7.11 Å². The number of benzene rings is 2. The molecule has 0 aliphatic carbocycles. The second-order valence-electron chi connectivity index (χ2n) is 3.01. The van der Waals surface area contributed by atoms with Crippen LogP contribution in [0.25, 0.3) is 10.8 Å². The van der Waals surface area contributed by atoms with Gasteiger partial charge in [0.15, 0.2) is 0 Å². The van der Waals surface area contributed by atoms with Crippen molar-refractivity contribution in [2.24, 2.45) is 0 Å². The van der Waals surface area contributed by atoms with Gasteiger partial charge in [-0.25, -0.2) is 0 Å². The summed E-state index contributed by atoms with van der Waals surface area (Å²) in [5, 5.41) is 1.39. The van der Waals surface area contributed by atoms with Gasteiger partial charge < -0.3 is 0 Å². The highest BCUT2D eigenvalue weighted by Crippen LogP contribution is 2.23. The van der Waals surface area contributed by atoms with Crippen LogP contribution in [0.4, 0.5) is 0 Å². The fourth-order valence-electron chi connectivity index (χ4n) is 1.43. The Bertz CT molecular complexity index is 582. The molecule has 0 heterocycles. The smallest absolute Gasteiger partial charge is 0.270 e. The SMILES string of the molecule is COS(=O)(=O)c1cc[c]c2ccccc12. The van der Waals surface area contributed by atoms with Crippen LogP contribution in [0.2, 0.25) is 0 Å². The quantitative estimate of drug-likeness (QED) is 0.728. The summed E-state index contributed by atoms with van der Waals surface area (Å²) in [5.74, 6) is 0. The minimum absolute atomic E-state index is 0.180. The van der Waals surface area contributed by atoms with Crippen LogP contribution in [0, 0.1) is 6.07 Å². The highest BCUT2D eigenvalue weighted by molar-refractivity contribution is 7.87. The molecular formula is C11H9O3S. The van der Waals surface area contributed by atoms with E-state index in [4.69, 9.17) is 0 Å². The van der Waals surface area contributed by atoms with E-state index in [2.05, 4.69) is 10.2 Å². The Labute approximate surface area is 88.4 Å². The molecule has 0 N–H and O–H groups in total. The average molecular weight is 221 g/mol. The largest absolute Gasteiger partial charge is 0.297 e. The summed E-state index contributed by atoms with van der Waals surface area (Å²) in [7, 11) is -2.49. The molecule has 0 unspecified atom stereocenters. The first-order valence-electron chi connectivity index (χ1n) is 4.35. The Morgan fingerprint density at radius 1 is 1.20 bits per heavy atom. The molecule has 0 aliphatic rings. The van der Waals surface area contributed by atoms with Gasteiger partial charge in [-0.05, 0) is 17.5 Å². The lowest BCUT2D eigenvalue weighted by Gasteiger charge is -2.04. The summed E-state index contributed by atoms with van der Waals surface area (Å²) < 4.78 is 27.6. The standard InChI is InChI=1S/C11H9O3S/c1-14-15(12,13)11-8-4-6-9-5-2-3-7-10(9)11/h2-5,7-8H,1H3. The van der Waals surface area contributed by atoms with Gasteiger partial charge in [0.2, 0.25) is 0 Å². The van der Waals surface area contributed by atoms with E-state index in [0.29, 0.717) is 5.39 Å². The van der Waals surface area contributed by atoms with E-state index in [1.807, 2.05) is 12.1 Å². The Morgan fingerprint density at radius 2 is 1.93 bits per heavy atom. The summed E-state index contributed by atoms with van der Waals surface area (Å²) in [5.41, 5.74) is 0. The van der Waals surface area contributed by atoms with Crippen LogP contribution in [-0.2, 0) is 14.3 Å². The molecule has 0 atom stereocenters. The van der Waals surface area contributed by atoms with E-state index in [1.54, 1.807) is 18.2 Å². The molecule has 0 saturated heterocycles. The first-order valence-corrected chi connectivity index (χ1v) is 5.76. The molecule has 0 saturated carbocycles. The summed E-state index contributed by atoms with van der Waals surface area (Å²) in [4.78, 5) is 0.180. The van der Waals surface area contributed by atoms with E-state index in [1.165, 1.54) is 6.07 Å². The van der Waals surface area contributed by atoms with Gasteiger partial charge in [0.1, 0.15) is 4.90 Å². The molecule has 0 bridgehead atoms. The van der Waals surface area contributed by atoms with E-state index in [9.17, 15) is 8.42 Å². The van der Waals surface area contributed by atoms with Crippen molar-refractivity contribution in [3.8, 4) is 0 Å². The fraction of sp³-hybridized carbons (Fsp3) is 0.0909. The molecule has 2 aromatic carbocycles. The number of hydrogen-bond acceptors (Lipinski definition) is 3. The van der Waals surface area contributed by atoms with Crippen molar-refractivity contribution in [1.82, 2.24) is 0 Å². The Kier molecular flexibility index (Phi) is 2.46. The van der Waals surface area contributed by atoms with E-state index in [-0.39, 0.29) is 4.90 Å². The van der Waals surface area contributed by atoms with Gasteiger partial charge in [-0.3, -0.25) is 4.18 Å². The van der Waals surface area contributed by atoms with E-state index in [0.717, 1.165) is 12.5 Å². The molecule has 0 amide bonds. The zero-order chi connectivity index (χ0) is 10.9. The van der Waals surface area contributed by atoms with Gasteiger partial charge in [-0.15, -0.1) is 0 Å². The number of hydrogen-bond donors (Lipinski definition) is 0. The molecule has 2 rings (SSSR count). The first kappa shape index (κ1) is 10.1. The van der Waals surface area contributed by atoms with E-state index >= 15 is 0 Å². The Morgan fingerprint density at radius 3 is 2.67 bits per heavy atom. The average Bonchev–Trinajstić information content (AvgIpc) is 2.28. The zero-order valence-electron chi connectivity index (χ0n) is 8.10. The van der Waals surface area contributed by atoms with Crippen molar-refractivity contribution in [3.05, 3.63) is 42.5 Å². The van der Waals surface area contributed by atoms with E-state index < -0.39 is 10.1 Å². The fourth-order valence-corrected chi connectivity index (χ4v) is 2.29. The first-order chi connectivity index (χ1) is 7.15. The third-order valence-corrected chi connectivity index (χ3v) is 3.49. The molecule has 4 heteroatoms. The summed E-state index contributed by atoms with van der Waals surface area (Å²) in [6.45, 7) is 0. The van der Waals surface area contributed by atoms with Crippen molar-refractivity contribution in [1.29, 1.82) is 0 Å². The lowest BCUT2D eigenvalue weighted by atomic mass is 10.1. The van der Waals surface area contributed by atoms with Crippen molar-refractivity contribution in [2.45, 2.75) is 4.90 Å². The van der Waals surface area contributed by atoms with Crippen LogP contribution in [0.1, 0.15) is 0 Å². The van der Waals surface area contributed by atoms with Gasteiger partial charge >= 0.3 is 0 Å². The van der Waals surface area contributed by atoms with Gasteiger partial charge in [-0.2, -0.15) is 8.42 Å². The molecule has 1 radical (unpaired) electrons. The molecule has 3 nitrogen and oxygen atoms in total. The van der Waals surface area contributed by atoms with Crippen LogP contribution in [0.3, 0.4) is 0 Å². The third-order valence-electron chi connectivity index (χ3n) is 2.15. The molecule has 2 aromatic rings. The van der Waals surface area contributed by atoms with Crippen LogP contribution < -0.4 is 0 Å². The molecule has 0 aliphatic heterocycles. The lowest BCUT2D eigenvalue weighted by Crippen LogP contribution is -2.03. The summed E-state index contributed by atoms with van der Waals surface area (Å²) in [6, 6.07) is 13.2. The monoisotopic (exact) mass is 221 g/mol. The molecule has 0 aromatic heterocycles. The van der Waals surface area contributed by atoms with Gasteiger partial charge in [-0.1, -0.05) is 30.3 Å². The summed E-state index contributed by atoms with van der Waals surface area (Å²) >= 11 is 0. The number of fused-ring (bicyclic) bond motifs is 1. The molecular weight excluding hydrogens is 212 g/mol. The topological polar surface area (TPSA) is 43.4 Å². The predicted octanol–water partition coefficient (Wildman–Crippen LogP) is 1.98. The number of rotatable bonds is 2. The highest BCUT2D eigenvalue weighted by atomic mass is 32.2. The highest BCUT2D eigenvalue weighted by Gasteiger charge is 2.15. The maximum Gasteiger partial charge on any atom is 0.297 e. The predicted molar refractivity (Wildman–Crippen MR) is 57.0 cm³/mol. The second kappa shape index (κ2) is 3.64. The van der Waals surface area contributed by atoms with Crippen molar-refractivity contribution in [2.75, 3.05) is 7.11 Å². The maximum atomic E-state index is 11.6.